The van der Waals surface area contributed by atoms with E-state index in [0.717, 1.165) is 60.1 Å². The van der Waals surface area contributed by atoms with E-state index in [9.17, 15) is 4.79 Å². The van der Waals surface area contributed by atoms with Crippen LogP contribution in [-0.2, 0) is 22.5 Å². The Bertz CT molecular complexity index is 866. The highest BCUT2D eigenvalue weighted by Gasteiger charge is 2.23. The molecule has 1 aliphatic heterocycles. The van der Waals surface area contributed by atoms with Gasteiger partial charge in [-0.2, -0.15) is 0 Å². The third-order valence-corrected chi connectivity index (χ3v) is 5.19. The highest BCUT2D eigenvalue weighted by molar-refractivity contribution is 6.31. The summed E-state index contributed by atoms with van der Waals surface area (Å²) in [6.45, 7) is 4.70. The van der Waals surface area contributed by atoms with Gasteiger partial charge < -0.3 is 20.7 Å². The molecule has 3 rings (SSSR count). The molecule has 0 saturated carbocycles. The van der Waals surface area contributed by atoms with E-state index in [1.165, 1.54) is 0 Å². The van der Waals surface area contributed by atoms with Crippen molar-refractivity contribution in [1.29, 1.82) is 0 Å². The van der Waals surface area contributed by atoms with Gasteiger partial charge in [0.1, 0.15) is 6.10 Å². The molecule has 0 spiro atoms. The van der Waals surface area contributed by atoms with Crippen LogP contribution in [0.25, 0.3) is 0 Å². The number of hydrogen-bond donors (Lipinski definition) is 3. The fourth-order valence-electron chi connectivity index (χ4n) is 3.28. The Kier molecular flexibility index (Phi) is 8.53. The quantitative estimate of drug-likeness (QED) is 0.442. The molecule has 1 heterocycles. The second kappa shape index (κ2) is 11.6. The standard InChI is InChI=1S/C23H29ClN4O2/c1-2-25-23(26-13-12-18-8-3-4-10-20(18)24)27-16-17-7-5-9-19(15-17)28-22(29)21-11-6-14-30-21/h3-5,7-10,15,21H,2,6,11-14,16H2,1H3,(H,28,29)(H2,25,26,27). The van der Waals surface area contributed by atoms with E-state index < -0.39 is 0 Å². The Morgan fingerprint density at radius 2 is 2.07 bits per heavy atom. The van der Waals surface area contributed by atoms with Crippen molar-refractivity contribution in [2.24, 2.45) is 4.99 Å². The molecule has 1 unspecified atom stereocenters. The first-order valence-electron chi connectivity index (χ1n) is 10.4. The van der Waals surface area contributed by atoms with Crippen molar-refractivity contribution in [2.45, 2.75) is 38.8 Å². The zero-order valence-corrected chi connectivity index (χ0v) is 18.0. The minimum atomic E-state index is -0.339. The molecule has 1 aliphatic rings. The molecule has 1 atom stereocenters. The van der Waals surface area contributed by atoms with Gasteiger partial charge in [0.2, 0.25) is 0 Å². The van der Waals surface area contributed by atoms with E-state index in [0.29, 0.717) is 13.2 Å². The molecule has 0 aromatic heterocycles. The summed E-state index contributed by atoms with van der Waals surface area (Å²) < 4.78 is 5.44. The maximum Gasteiger partial charge on any atom is 0.253 e. The number of carbonyl (C=O) groups is 1. The molecule has 1 amide bonds. The number of benzene rings is 2. The summed E-state index contributed by atoms with van der Waals surface area (Å²) in [5.41, 5.74) is 2.89. The van der Waals surface area contributed by atoms with E-state index in [1.54, 1.807) is 0 Å². The Morgan fingerprint density at radius 3 is 2.83 bits per heavy atom. The molecular weight excluding hydrogens is 400 g/mol. The maximum atomic E-state index is 12.2. The normalized spacial score (nSPS) is 16.3. The highest BCUT2D eigenvalue weighted by Crippen LogP contribution is 2.17. The SMILES string of the molecule is CCNC(=NCc1cccc(NC(=O)C2CCCO2)c1)NCCc1ccccc1Cl. The third kappa shape index (κ3) is 6.75. The number of amides is 1. The predicted molar refractivity (Wildman–Crippen MR) is 122 cm³/mol. The van der Waals surface area contributed by atoms with Crippen LogP contribution in [-0.4, -0.2) is 37.7 Å². The van der Waals surface area contributed by atoms with E-state index >= 15 is 0 Å². The summed E-state index contributed by atoms with van der Waals surface area (Å²) in [4.78, 5) is 16.9. The topological polar surface area (TPSA) is 74.8 Å². The molecule has 1 fully saturated rings. The number of ether oxygens (including phenoxy) is 1. The average molecular weight is 429 g/mol. The lowest BCUT2D eigenvalue weighted by atomic mass is 10.1. The Hall–Kier alpha value is -2.57. The van der Waals surface area contributed by atoms with Crippen LogP contribution in [0, 0.1) is 0 Å². The lowest BCUT2D eigenvalue weighted by Crippen LogP contribution is -2.38. The first-order chi connectivity index (χ1) is 14.7. The summed E-state index contributed by atoms with van der Waals surface area (Å²) in [6.07, 6.45) is 2.19. The van der Waals surface area contributed by atoms with Crippen molar-refractivity contribution in [3.8, 4) is 0 Å². The first kappa shape index (κ1) is 22.1. The van der Waals surface area contributed by atoms with Gasteiger partial charge in [0.25, 0.3) is 5.91 Å². The van der Waals surface area contributed by atoms with Gasteiger partial charge >= 0.3 is 0 Å². The molecule has 2 aromatic rings. The smallest absolute Gasteiger partial charge is 0.253 e. The zero-order chi connectivity index (χ0) is 21.2. The van der Waals surface area contributed by atoms with Crippen LogP contribution in [0.4, 0.5) is 5.69 Å². The van der Waals surface area contributed by atoms with Gasteiger partial charge in [0, 0.05) is 30.4 Å². The highest BCUT2D eigenvalue weighted by atomic mass is 35.5. The number of guanidine groups is 1. The number of halogens is 1. The van der Waals surface area contributed by atoms with Gasteiger partial charge in [-0.25, -0.2) is 4.99 Å². The monoisotopic (exact) mass is 428 g/mol. The van der Waals surface area contributed by atoms with E-state index in [4.69, 9.17) is 16.3 Å². The second-order valence-corrected chi connectivity index (χ2v) is 7.56. The fraction of sp³-hybridized carbons (Fsp3) is 0.391. The molecule has 6 nitrogen and oxygen atoms in total. The molecule has 7 heteroatoms. The second-order valence-electron chi connectivity index (χ2n) is 7.15. The Labute approximate surface area is 183 Å². The van der Waals surface area contributed by atoms with Gasteiger partial charge in [-0.05, 0) is 55.5 Å². The molecule has 0 radical (unpaired) electrons. The van der Waals surface area contributed by atoms with Crippen LogP contribution < -0.4 is 16.0 Å². The molecular formula is C23H29ClN4O2. The van der Waals surface area contributed by atoms with E-state index in [-0.39, 0.29) is 12.0 Å². The molecule has 0 bridgehead atoms. The van der Waals surface area contributed by atoms with Crippen LogP contribution in [0.3, 0.4) is 0 Å². The number of nitrogens with zero attached hydrogens (tertiary/aromatic N) is 1. The minimum Gasteiger partial charge on any atom is -0.368 e. The van der Waals surface area contributed by atoms with Crippen LogP contribution in [0.5, 0.6) is 0 Å². The predicted octanol–water partition coefficient (Wildman–Crippen LogP) is 3.76. The van der Waals surface area contributed by atoms with Crippen LogP contribution in [0.15, 0.2) is 53.5 Å². The lowest BCUT2D eigenvalue weighted by molar-refractivity contribution is -0.124. The number of hydrogen-bond acceptors (Lipinski definition) is 3. The van der Waals surface area contributed by atoms with Gasteiger partial charge in [0.15, 0.2) is 5.96 Å². The van der Waals surface area contributed by atoms with Crippen molar-refractivity contribution >= 4 is 29.2 Å². The summed E-state index contributed by atoms with van der Waals surface area (Å²) in [6, 6.07) is 15.6. The van der Waals surface area contributed by atoms with Gasteiger partial charge in [-0.1, -0.05) is 41.9 Å². The van der Waals surface area contributed by atoms with Crippen LogP contribution in [0.2, 0.25) is 5.02 Å². The number of rotatable bonds is 8. The van der Waals surface area contributed by atoms with Crippen LogP contribution in [0.1, 0.15) is 30.9 Å². The van der Waals surface area contributed by atoms with Gasteiger partial charge in [0.05, 0.1) is 6.54 Å². The van der Waals surface area contributed by atoms with Crippen LogP contribution >= 0.6 is 11.6 Å². The van der Waals surface area contributed by atoms with Gasteiger partial charge in [-0.3, -0.25) is 4.79 Å². The number of carbonyl (C=O) groups excluding carboxylic acids is 1. The molecule has 3 N–H and O–H groups in total. The summed E-state index contributed by atoms with van der Waals surface area (Å²) in [5, 5.41) is 10.3. The molecule has 30 heavy (non-hydrogen) atoms. The van der Waals surface area contributed by atoms with Crippen molar-refractivity contribution < 1.29 is 9.53 Å². The van der Waals surface area contributed by atoms with Gasteiger partial charge in [-0.15, -0.1) is 0 Å². The summed E-state index contributed by atoms with van der Waals surface area (Å²) >= 11 is 6.22. The molecule has 1 saturated heterocycles. The minimum absolute atomic E-state index is 0.0808. The van der Waals surface area contributed by atoms with E-state index in [2.05, 4.69) is 20.9 Å². The number of aliphatic imine (C=N–C) groups is 1. The van der Waals surface area contributed by atoms with Crippen molar-refractivity contribution in [1.82, 2.24) is 10.6 Å². The Morgan fingerprint density at radius 1 is 1.20 bits per heavy atom. The molecule has 160 valence electrons. The van der Waals surface area contributed by atoms with Crippen molar-refractivity contribution in [2.75, 3.05) is 25.0 Å². The molecule has 0 aliphatic carbocycles. The van der Waals surface area contributed by atoms with Crippen molar-refractivity contribution in [3.63, 3.8) is 0 Å². The van der Waals surface area contributed by atoms with Crippen molar-refractivity contribution in [3.05, 3.63) is 64.7 Å². The summed E-state index contributed by atoms with van der Waals surface area (Å²) in [7, 11) is 0. The van der Waals surface area contributed by atoms with E-state index in [1.807, 2.05) is 55.5 Å². The zero-order valence-electron chi connectivity index (χ0n) is 17.3. The first-order valence-corrected chi connectivity index (χ1v) is 10.8. The number of anilines is 1. The molecule has 2 aromatic carbocycles. The third-order valence-electron chi connectivity index (χ3n) is 4.83. The fourth-order valence-corrected chi connectivity index (χ4v) is 3.51. The maximum absolute atomic E-state index is 12.2. The largest absolute Gasteiger partial charge is 0.368 e. The summed E-state index contributed by atoms with van der Waals surface area (Å²) in [5.74, 6) is 0.668. The Balaban J connectivity index is 1.54. The average Bonchev–Trinajstić information content (AvgIpc) is 3.29. The lowest BCUT2D eigenvalue weighted by Gasteiger charge is -2.13. The number of nitrogens with one attached hydrogen (secondary N) is 3.